The molecule has 0 aromatic carbocycles. The molecule has 0 aromatic rings. The summed E-state index contributed by atoms with van der Waals surface area (Å²) in [5.74, 6) is 1.54. The monoisotopic (exact) mass is 268 g/mol. The highest BCUT2D eigenvalue weighted by molar-refractivity contribution is 5.79. The summed E-state index contributed by atoms with van der Waals surface area (Å²) in [6.45, 7) is 6.03. The van der Waals surface area contributed by atoms with Crippen LogP contribution in [0.4, 0.5) is 0 Å². The first-order valence-electron chi connectivity index (χ1n) is 7.58. The van der Waals surface area contributed by atoms with Gasteiger partial charge in [-0.3, -0.25) is 4.79 Å². The van der Waals surface area contributed by atoms with Crippen LogP contribution in [0.2, 0.25) is 0 Å². The van der Waals surface area contributed by atoms with Crippen molar-refractivity contribution in [2.45, 2.75) is 51.7 Å². The van der Waals surface area contributed by atoms with Gasteiger partial charge in [-0.25, -0.2) is 0 Å². The van der Waals surface area contributed by atoms with Crippen LogP contribution in [0.5, 0.6) is 0 Å². The molecule has 19 heavy (non-hydrogen) atoms. The minimum Gasteiger partial charge on any atom is -0.379 e. The molecule has 1 aliphatic carbocycles. The van der Waals surface area contributed by atoms with E-state index in [-0.39, 0.29) is 18.1 Å². The summed E-state index contributed by atoms with van der Waals surface area (Å²) < 4.78 is 5.49. The van der Waals surface area contributed by atoms with Gasteiger partial charge in [0.1, 0.15) is 0 Å². The van der Waals surface area contributed by atoms with Crippen LogP contribution in [0.1, 0.15) is 39.5 Å². The first-order valence-corrected chi connectivity index (χ1v) is 7.58. The van der Waals surface area contributed by atoms with Crippen molar-refractivity contribution in [3.63, 3.8) is 0 Å². The van der Waals surface area contributed by atoms with Gasteiger partial charge in [-0.1, -0.05) is 13.8 Å². The quantitative estimate of drug-likeness (QED) is 0.828. The van der Waals surface area contributed by atoms with E-state index in [1.54, 1.807) is 7.11 Å². The van der Waals surface area contributed by atoms with Gasteiger partial charge in [-0.15, -0.1) is 0 Å². The molecule has 1 amide bonds. The molecule has 5 atom stereocenters. The zero-order valence-electron chi connectivity index (χ0n) is 12.5. The molecule has 0 bridgehead atoms. The van der Waals surface area contributed by atoms with Gasteiger partial charge in [0.05, 0.1) is 6.10 Å². The van der Waals surface area contributed by atoms with Crippen LogP contribution in [0, 0.1) is 17.8 Å². The van der Waals surface area contributed by atoms with E-state index in [1.807, 2.05) is 4.90 Å². The van der Waals surface area contributed by atoms with E-state index in [0.717, 1.165) is 38.8 Å². The Morgan fingerprint density at radius 2 is 2.00 bits per heavy atom. The number of carbonyl (C=O) groups is 1. The first-order chi connectivity index (χ1) is 9.01. The average molecular weight is 268 g/mol. The molecule has 0 spiro atoms. The number of ether oxygens (including phenoxy) is 1. The van der Waals surface area contributed by atoms with Gasteiger partial charge in [0.25, 0.3) is 0 Å². The van der Waals surface area contributed by atoms with E-state index in [0.29, 0.717) is 17.7 Å². The molecule has 0 radical (unpaired) electrons. The molecule has 110 valence electrons. The Balaban J connectivity index is 1.95. The SMILES string of the molecule is COC1CN(C(=O)C2CC(C)CC(N)C2)CCC1C. The molecule has 1 aliphatic heterocycles. The number of likely N-dealkylation sites (tertiary alicyclic amines) is 1. The predicted octanol–water partition coefficient (Wildman–Crippen LogP) is 1.63. The van der Waals surface area contributed by atoms with E-state index >= 15 is 0 Å². The van der Waals surface area contributed by atoms with Gasteiger partial charge in [-0.05, 0) is 37.5 Å². The first kappa shape index (κ1) is 14.8. The van der Waals surface area contributed by atoms with E-state index < -0.39 is 0 Å². The molecule has 1 heterocycles. The molecule has 2 aliphatic rings. The minimum atomic E-state index is 0.129. The van der Waals surface area contributed by atoms with E-state index in [2.05, 4.69) is 13.8 Å². The Labute approximate surface area is 116 Å². The van der Waals surface area contributed by atoms with Crippen LogP contribution >= 0.6 is 0 Å². The molecule has 2 rings (SSSR count). The second kappa shape index (κ2) is 6.23. The van der Waals surface area contributed by atoms with Crippen LogP contribution in [-0.4, -0.2) is 43.2 Å². The van der Waals surface area contributed by atoms with Crippen LogP contribution in [0.15, 0.2) is 0 Å². The van der Waals surface area contributed by atoms with Crippen molar-refractivity contribution >= 4 is 5.91 Å². The number of piperidine rings is 1. The third kappa shape index (κ3) is 3.48. The van der Waals surface area contributed by atoms with E-state index in [9.17, 15) is 4.79 Å². The van der Waals surface area contributed by atoms with Gasteiger partial charge < -0.3 is 15.4 Å². The number of hydrogen-bond acceptors (Lipinski definition) is 3. The molecular weight excluding hydrogens is 240 g/mol. The fraction of sp³-hybridized carbons (Fsp3) is 0.933. The standard InChI is InChI=1S/C15H28N2O2/c1-10-6-12(8-13(16)7-10)15(18)17-5-4-11(2)14(9-17)19-3/h10-14H,4-9,16H2,1-3H3. The number of amides is 1. The number of rotatable bonds is 2. The molecule has 0 aromatic heterocycles. The summed E-state index contributed by atoms with van der Waals surface area (Å²) >= 11 is 0. The maximum Gasteiger partial charge on any atom is 0.225 e. The fourth-order valence-electron chi connectivity index (χ4n) is 3.66. The van der Waals surface area contributed by atoms with Crippen molar-refractivity contribution in [2.75, 3.05) is 20.2 Å². The van der Waals surface area contributed by atoms with Crippen molar-refractivity contribution in [3.05, 3.63) is 0 Å². The summed E-state index contributed by atoms with van der Waals surface area (Å²) in [6.07, 6.45) is 4.14. The Morgan fingerprint density at radius 1 is 1.26 bits per heavy atom. The highest BCUT2D eigenvalue weighted by Gasteiger charge is 2.35. The van der Waals surface area contributed by atoms with Crippen LogP contribution in [0.25, 0.3) is 0 Å². The van der Waals surface area contributed by atoms with Crippen molar-refractivity contribution in [3.8, 4) is 0 Å². The molecule has 4 nitrogen and oxygen atoms in total. The van der Waals surface area contributed by atoms with Crippen LogP contribution < -0.4 is 5.73 Å². The highest BCUT2D eigenvalue weighted by Crippen LogP contribution is 2.31. The van der Waals surface area contributed by atoms with Gasteiger partial charge in [0, 0.05) is 32.2 Å². The molecule has 2 fully saturated rings. The van der Waals surface area contributed by atoms with Gasteiger partial charge >= 0.3 is 0 Å². The molecule has 2 N–H and O–H groups in total. The zero-order chi connectivity index (χ0) is 14.0. The van der Waals surface area contributed by atoms with Gasteiger partial charge in [-0.2, -0.15) is 0 Å². The van der Waals surface area contributed by atoms with Crippen molar-refractivity contribution in [2.24, 2.45) is 23.5 Å². The molecule has 1 saturated carbocycles. The number of carbonyl (C=O) groups excluding carboxylic acids is 1. The summed E-state index contributed by atoms with van der Waals surface area (Å²) in [5.41, 5.74) is 6.06. The van der Waals surface area contributed by atoms with Crippen molar-refractivity contribution in [1.82, 2.24) is 4.90 Å². The lowest BCUT2D eigenvalue weighted by molar-refractivity contribution is -0.142. The number of nitrogens with zero attached hydrogens (tertiary/aromatic N) is 1. The lowest BCUT2D eigenvalue weighted by atomic mass is 9.79. The molecule has 5 unspecified atom stereocenters. The smallest absolute Gasteiger partial charge is 0.225 e. The lowest BCUT2D eigenvalue weighted by Gasteiger charge is -2.40. The third-order valence-corrected chi connectivity index (χ3v) is 4.83. The maximum atomic E-state index is 12.6. The number of hydrogen-bond donors (Lipinski definition) is 1. The molecular formula is C15H28N2O2. The second-order valence-corrected chi connectivity index (χ2v) is 6.59. The van der Waals surface area contributed by atoms with Crippen molar-refractivity contribution in [1.29, 1.82) is 0 Å². The zero-order valence-corrected chi connectivity index (χ0v) is 12.5. The summed E-state index contributed by atoms with van der Waals surface area (Å²) in [5, 5.41) is 0. The number of nitrogens with two attached hydrogens (primary N) is 1. The number of methoxy groups -OCH3 is 1. The largest absolute Gasteiger partial charge is 0.379 e. The summed E-state index contributed by atoms with van der Waals surface area (Å²) in [7, 11) is 1.74. The van der Waals surface area contributed by atoms with Crippen LogP contribution in [-0.2, 0) is 9.53 Å². The van der Waals surface area contributed by atoms with Crippen molar-refractivity contribution < 1.29 is 9.53 Å². The fourth-order valence-corrected chi connectivity index (χ4v) is 3.66. The lowest BCUT2D eigenvalue weighted by Crippen LogP contribution is -2.50. The summed E-state index contributed by atoms with van der Waals surface area (Å²) in [4.78, 5) is 14.6. The minimum absolute atomic E-state index is 0.129. The third-order valence-electron chi connectivity index (χ3n) is 4.83. The van der Waals surface area contributed by atoms with E-state index in [4.69, 9.17) is 10.5 Å². The summed E-state index contributed by atoms with van der Waals surface area (Å²) in [6, 6.07) is 0.194. The molecule has 4 heteroatoms. The van der Waals surface area contributed by atoms with E-state index in [1.165, 1.54) is 0 Å². The maximum absolute atomic E-state index is 12.6. The Kier molecular flexibility index (Phi) is 4.85. The van der Waals surface area contributed by atoms with Gasteiger partial charge in [0.15, 0.2) is 0 Å². The molecule has 1 saturated heterocycles. The van der Waals surface area contributed by atoms with Gasteiger partial charge in [0.2, 0.25) is 5.91 Å². The topological polar surface area (TPSA) is 55.6 Å². The average Bonchev–Trinajstić information content (AvgIpc) is 2.37. The predicted molar refractivity (Wildman–Crippen MR) is 75.6 cm³/mol. The normalized spacial score (nSPS) is 40.2. The Morgan fingerprint density at radius 3 is 2.63 bits per heavy atom. The Bertz CT molecular complexity index is 311. The second-order valence-electron chi connectivity index (χ2n) is 6.59. The van der Waals surface area contributed by atoms with Crippen LogP contribution in [0.3, 0.4) is 0 Å². The Hall–Kier alpha value is -0.610. The highest BCUT2D eigenvalue weighted by atomic mass is 16.5.